The van der Waals surface area contributed by atoms with Crippen LogP contribution in [0, 0.1) is 11.8 Å². The lowest BCUT2D eigenvalue weighted by Crippen LogP contribution is -2.43. The van der Waals surface area contributed by atoms with E-state index in [0.717, 1.165) is 12.2 Å². The highest BCUT2D eigenvalue weighted by molar-refractivity contribution is 5.85. The lowest BCUT2D eigenvalue weighted by Gasteiger charge is -2.26. The summed E-state index contributed by atoms with van der Waals surface area (Å²) in [6.07, 6.45) is 6.16. The van der Waals surface area contributed by atoms with Crippen LogP contribution >= 0.6 is 0 Å². The number of allylic oxidation sites excluding steroid dienone is 5. The first-order valence-electron chi connectivity index (χ1n) is 15.4. The summed E-state index contributed by atoms with van der Waals surface area (Å²) >= 11 is 0. The van der Waals surface area contributed by atoms with Gasteiger partial charge in [-0.05, 0) is 44.3 Å². The molecule has 0 radical (unpaired) electrons. The largest absolute Gasteiger partial charge is 0.469 e. The zero-order valence-corrected chi connectivity index (χ0v) is 27.3. The smallest absolute Gasteiger partial charge is 0.416 e. The second kappa shape index (κ2) is 20.3. The van der Waals surface area contributed by atoms with Gasteiger partial charge in [0.25, 0.3) is 5.91 Å². The first kappa shape index (κ1) is 39.2. The third-order valence-electron chi connectivity index (χ3n) is 7.19. The number of aliphatic hydroxyl groups is 1. The highest BCUT2D eigenvalue weighted by Crippen LogP contribution is 2.29. The van der Waals surface area contributed by atoms with Crippen molar-refractivity contribution in [1.29, 1.82) is 0 Å². The Bertz CT molecular complexity index is 1170. The minimum atomic E-state index is -4.42. The van der Waals surface area contributed by atoms with E-state index < -0.39 is 35.6 Å². The number of aliphatic imine (C=N–C) groups is 1. The zero-order chi connectivity index (χ0) is 34.0. The lowest BCUT2D eigenvalue weighted by molar-refractivity contribution is -0.144. The second-order valence-corrected chi connectivity index (χ2v) is 10.2. The molecule has 252 valence electrons. The van der Waals surface area contributed by atoms with E-state index in [2.05, 4.69) is 27.5 Å². The molecule has 1 amide bonds. The minimum Gasteiger partial charge on any atom is -0.469 e. The Morgan fingerprint density at radius 1 is 1.24 bits per heavy atom. The molecule has 0 aromatic rings. The molecule has 0 heterocycles. The van der Waals surface area contributed by atoms with E-state index >= 15 is 0 Å². The number of likely N-dealkylation sites (N-methyl/N-ethyl adjacent to an activating group) is 2. The first-order chi connectivity index (χ1) is 21.4. The first-order valence-corrected chi connectivity index (χ1v) is 15.4. The molecule has 0 fully saturated rings. The van der Waals surface area contributed by atoms with E-state index in [1.54, 1.807) is 31.4 Å². The molecular formula is C33H50F3N5O4. The highest BCUT2D eigenvalue weighted by atomic mass is 19.4. The number of rotatable bonds is 15. The number of ether oxygens (including phenoxy) is 1. The fourth-order valence-corrected chi connectivity index (χ4v) is 4.59. The summed E-state index contributed by atoms with van der Waals surface area (Å²) in [5.41, 5.74) is 0.749. The van der Waals surface area contributed by atoms with Crippen LogP contribution in [0.25, 0.3) is 0 Å². The SMILES string of the molecule is C=CC(CCNC1=C(NC)C=C(C(F)(F)F)C=CC1)CN=C(C)NCCN(CC)C(=O)C(O)C1=CC(C(=O)OC)CC=C1.CC. The predicted octanol–water partition coefficient (Wildman–Crippen LogP) is 4.57. The van der Waals surface area contributed by atoms with E-state index in [9.17, 15) is 27.9 Å². The number of hydrogen-bond donors (Lipinski definition) is 4. The van der Waals surface area contributed by atoms with Crippen LogP contribution in [-0.4, -0.2) is 86.9 Å². The molecule has 45 heavy (non-hydrogen) atoms. The summed E-state index contributed by atoms with van der Waals surface area (Å²) in [4.78, 5) is 30.9. The monoisotopic (exact) mass is 637 g/mol. The van der Waals surface area contributed by atoms with Gasteiger partial charge in [0, 0.05) is 51.9 Å². The number of amides is 1. The normalized spacial score (nSPS) is 17.9. The zero-order valence-electron chi connectivity index (χ0n) is 27.3. The van der Waals surface area contributed by atoms with Crippen LogP contribution in [0.2, 0.25) is 0 Å². The van der Waals surface area contributed by atoms with Gasteiger partial charge in [0.2, 0.25) is 0 Å². The van der Waals surface area contributed by atoms with Crippen molar-refractivity contribution >= 4 is 17.7 Å². The second-order valence-electron chi connectivity index (χ2n) is 10.2. The fraction of sp³-hybridized carbons (Fsp3) is 0.545. The van der Waals surface area contributed by atoms with E-state index in [0.29, 0.717) is 74.8 Å². The van der Waals surface area contributed by atoms with Gasteiger partial charge in [-0.1, -0.05) is 50.3 Å². The number of esters is 1. The summed E-state index contributed by atoms with van der Waals surface area (Å²) < 4.78 is 44.3. The maximum atomic E-state index is 13.2. The van der Waals surface area contributed by atoms with Crippen LogP contribution in [0.1, 0.15) is 47.0 Å². The summed E-state index contributed by atoms with van der Waals surface area (Å²) in [6.45, 7) is 13.7. The highest BCUT2D eigenvalue weighted by Gasteiger charge is 2.32. The van der Waals surface area contributed by atoms with Crippen molar-refractivity contribution in [1.82, 2.24) is 20.9 Å². The quantitative estimate of drug-likeness (QED) is 0.0901. The molecule has 2 aliphatic carbocycles. The van der Waals surface area contributed by atoms with Gasteiger partial charge in [0.05, 0.1) is 30.1 Å². The molecular weight excluding hydrogens is 587 g/mol. The van der Waals surface area contributed by atoms with Gasteiger partial charge in [0.15, 0.2) is 6.10 Å². The number of methoxy groups -OCH3 is 1. The molecule has 12 heteroatoms. The Balaban J connectivity index is 0.00000496. The number of carbonyl (C=O) groups excluding carboxylic acids is 2. The van der Waals surface area contributed by atoms with Gasteiger partial charge in [-0.15, -0.1) is 6.58 Å². The number of amidine groups is 1. The Hall–Kier alpha value is -3.80. The van der Waals surface area contributed by atoms with Gasteiger partial charge in [-0.2, -0.15) is 13.2 Å². The molecule has 3 atom stereocenters. The molecule has 4 N–H and O–H groups in total. The number of halogens is 3. The number of carbonyl (C=O) groups is 2. The van der Waals surface area contributed by atoms with Crippen LogP contribution in [0.15, 0.2) is 76.6 Å². The summed E-state index contributed by atoms with van der Waals surface area (Å²) in [7, 11) is 2.89. The number of aliphatic hydroxyl groups excluding tert-OH is 1. The van der Waals surface area contributed by atoms with Crippen molar-refractivity contribution in [3.05, 3.63) is 71.7 Å². The topological polar surface area (TPSA) is 115 Å². The minimum absolute atomic E-state index is 0.0417. The van der Waals surface area contributed by atoms with Crippen molar-refractivity contribution in [2.75, 3.05) is 46.9 Å². The fourth-order valence-electron chi connectivity index (χ4n) is 4.59. The van der Waals surface area contributed by atoms with Crippen LogP contribution < -0.4 is 16.0 Å². The van der Waals surface area contributed by atoms with E-state index in [1.807, 2.05) is 27.7 Å². The van der Waals surface area contributed by atoms with Crippen molar-refractivity contribution in [3.63, 3.8) is 0 Å². The van der Waals surface area contributed by atoms with Gasteiger partial charge in [-0.25, -0.2) is 0 Å². The summed E-state index contributed by atoms with van der Waals surface area (Å²) in [5, 5.41) is 19.9. The predicted molar refractivity (Wildman–Crippen MR) is 173 cm³/mol. The summed E-state index contributed by atoms with van der Waals surface area (Å²) in [6, 6.07) is 0. The van der Waals surface area contributed by atoms with E-state index in [1.165, 1.54) is 18.1 Å². The molecule has 0 saturated heterocycles. The Kier molecular flexibility index (Phi) is 17.7. The number of nitrogens with one attached hydrogen (secondary N) is 3. The average molecular weight is 638 g/mol. The van der Waals surface area contributed by atoms with Crippen molar-refractivity contribution in [2.45, 2.75) is 59.2 Å². The Labute approximate surface area is 265 Å². The van der Waals surface area contributed by atoms with Gasteiger partial charge in [-0.3, -0.25) is 14.6 Å². The molecule has 0 bridgehead atoms. The molecule has 2 aliphatic rings. The summed E-state index contributed by atoms with van der Waals surface area (Å²) in [5.74, 6) is -0.675. The standard InChI is InChI=1S/C31H44F3N5O4.C2H6/c1-6-22(14-15-37-26-13-9-12-25(31(32,33)34)19-27(26)35-4)20-38-21(3)36-16-17-39(7-2)29(41)28(40)23-10-8-11-24(18-23)30(42)43-5;1-2/h6,8-10,12,18-19,22,24,28,35,37,40H,1,7,11,13-17,20H2,2-5H3,(H,36,38);1-2H3. The van der Waals surface area contributed by atoms with Crippen LogP contribution in [0.5, 0.6) is 0 Å². The number of alkyl halides is 3. The van der Waals surface area contributed by atoms with Gasteiger partial charge >= 0.3 is 12.1 Å². The molecule has 0 aromatic carbocycles. The average Bonchev–Trinajstić information content (AvgIpc) is 3.27. The van der Waals surface area contributed by atoms with Crippen LogP contribution in [0.4, 0.5) is 13.2 Å². The van der Waals surface area contributed by atoms with Crippen LogP contribution in [0.3, 0.4) is 0 Å². The van der Waals surface area contributed by atoms with E-state index in [4.69, 9.17) is 4.74 Å². The lowest BCUT2D eigenvalue weighted by atomic mass is 9.93. The van der Waals surface area contributed by atoms with Crippen molar-refractivity contribution < 1.29 is 32.6 Å². The van der Waals surface area contributed by atoms with Gasteiger partial charge < -0.3 is 30.7 Å². The molecule has 0 saturated carbocycles. The number of hydrogen-bond acceptors (Lipinski definition) is 7. The molecule has 0 spiro atoms. The van der Waals surface area contributed by atoms with Crippen molar-refractivity contribution in [2.24, 2.45) is 16.8 Å². The van der Waals surface area contributed by atoms with E-state index in [-0.39, 0.29) is 5.92 Å². The third-order valence-corrected chi connectivity index (χ3v) is 7.19. The molecule has 2 rings (SSSR count). The maximum Gasteiger partial charge on any atom is 0.416 e. The van der Waals surface area contributed by atoms with Gasteiger partial charge in [0.1, 0.15) is 0 Å². The molecule has 0 aliphatic heterocycles. The number of nitrogens with zero attached hydrogens (tertiary/aromatic N) is 2. The molecule has 0 aromatic heterocycles. The third kappa shape index (κ3) is 13.0. The maximum absolute atomic E-state index is 13.2. The molecule has 3 unspecified atom stereocenters. The molecule has 9 nitrogen and oxygen atoms in total. The Morgan fingerprint density at radius 2 is 1.96 bits per heavy atom. The Morgan fingerprint density at radius 3 is 2.56 bits per heavy atom. The van der Waals surface area contributed by atoms with Crippen LogP contribution in [-0.2, 0) is 14.3 Å². The van der Waals surface area contributed by atoms with Crippen molar-refractivity contribution in [3.8, 4) is 0 Å².